The van der Waals surface area contributed by atoms with Crippen LogP contribution in [0.2, 0.25) is 0 Å². The van der Waals surface area contributed by atoms with E-state index in [-0.39, 0.29) is 5.75 Å². The van der Waals surface area contributed by atoms with Crippen molar-refractivity contribution in [2.45, 2.75) is 12.8 Å². The van der Waals surface area contributed by atoms with Crippen molar-refractivity contribution < 1.29 is 9.50 Å². The molecule has 0 atom stereocenters. The lowest BCUT2D eigenvalue weighted by molar-refractivity contribution is 0.468. The van der Waals surface area contributed by atoms with E-state index in [1.165, 1.54) is 12.1 Å². The number of hydrogen-bond donors (Lipinski definition) is 1. The molecule has 0 bridgehead atoms. The summed E-state index contributed by atoms with van der Waals surface area (Å²) in [5.74, 6) is -0.564. The lowest BCUT2D eigenvalue weighted by atomic mass is 10.1. The SMILES string of the molecule is N#CCCc1cc(O)cc(F)c1. The van der Waals surface area contributed by atoms with Crippen LogP contribution in [0.4, 0.5) is 4.39 Å². The third-order valence-electron chi connectivity index (χ3n) is 1.47. The predicted octanol–water partition coefficient (Wildman–Crippen LogP) is 1.99. The third kappa shape index (κ3) is 2.24. The minimum absolute atomic E-state index is 0.0945. The summed E-state index contributed by atoms with van der Waals surface area (Å²) in [6, 6.07) is 5.76. The van der Waals surface area contributed by atoms with Crippen molar-refractivity contribution in [3.05, 3.63) is 29.6 Å². The summed E-state index contributed by atoms with van der Waals surface area (Å²) in [4.78, 5) is 0. The number of aryl methyl sites for hydroxylation is 1. The molecule has 0 fully saturated rings. The fraction of sp³-hybridized carbons (Fsp3) is 0.222. The smallest absolute Gasteiger partial charge is 0.127 e. The molecule has 3 heteroatoms. The summed E-state index contributed by atoms with van der Waals surface area (Å²) in [5.41, 5.74) is 0.647. The monoisotopic (exact) mass is 165 g/mol. The highest BCUT2D eigenvalue weighted by molar-refractivity contribution is 5.28. The molecule has 62 valence electrons. The molecule has 0 saturated carbocycles. The van der Waals surface area contributed by atoms with E-state index in [9.17, 15) is 4.39 Å². The average molecular weight is 165 g/mol. The largest absolute Gasteiger partial charge is 0.508 e. The van der Waals surface area contributed by atoms with Gasteiger partial charge in [0.05, 0.1) is 6.07 Å². The quantitative estimate of drug-likeness (QED) is 0.728. The maximum Gasteiger partial charge on any atom is 0.127 e. The Morgan fingerprint density at radius 3 is 2.75 bits per heavy atom. The van der Waals surface area contributed by atoms with Gasteiger partial charge in [-0.1, -0.05) is 0 Å². The Balaban J connectivity index is 2.80. The zero-order valence-corrected chi connectivity index (χ0v) is 6.42. The number of benzene rings is 1. The highest BCUT2D eigenvalue weighted by Gasteiger charge is 1.98. The summed E-state index contributed by atoms with van der Waals surface area (Å²) in [5, 5.41) is 17.2. The molecule has 0 aliphatic heterocycles. The Kier molecular flexibility index (Phi) is 2.65. The maximum absolute atomic E-state index is 12.6. The van der Waals surface area contributed by atoms with E-state index in [1.54, 1.807) is 0 Å². The molecular formula is C9H8FNO. The van der Waals surface area contributed by atoms with Crippen molar-refractivity contribution in [1.82, 2.24) is 0 Å². The molecule has 1 aromatic rings. The zero-order valence-electron chi connectivity index (χ0n) is 6.42. The minimum atomic E-state index is -0.470. The van der Waals surface area contributed by atoms with Crippen LogP contribution in [0.1, 0.15) is 12.0 Å². The Labute approximate surface area is 69.9 Å². The molecule has 0 amide bonds. The van der Waals surface area contributed by atoms with Crippen molar-refractivity contribution in [2.75, 3.05) is 0 Å². The lowest BCUT2D eigenvalue weighted by Crippen LogP contribution is -1.85. The number of nitrogens with zero attached hydrogens (tertiary/aromatic N) is 1. The first-order valence-electron chi connectivity index (χ1n) is 3.58. The zero-order chi connectivity index (χ0) is 8.97. The van der Waals surface area contributed by atoms with Gasteiger partial charge in [-0.05, 0) is 24.1 Å². The second kappa shape index (κ2) is 3.72. The van der Waals surface area contributed by atoms with Crippen LogP contribution in [0.3, 0.4) is 0 Å². The van der Waals surface area contributed by atoms with Gasteiger partial charge in [-0.2, -0.15) is 5.26 Å². The summed E-state index contributed by atoms with van der Waals surface area (Å²) >= 11 is 0. The van der Waals surface area contributed by atoms with Crippen LogP contribution in [0.25, 0.3) is 0 Å². The molecule has 0 radical (unpaired) electrons. The Morgan fingerprint density at radius 1 is 1.42 bits per heavy atom. The highest BCUT2D eigenvalue weighted by atomic mass is 19.1. The van der Waals surface area contributed by atoms with Gasteiger partial charge in [-0.3, -0.25) is 0 Å². The fourth-order valence-electron chi connectivity index (χ4n) is 0.978. The number of phenols is 1. The van der Waals surface area contributed by atoms with Crippen molar-refractivity contribution in [1.29, 1.82) is 5.26 Å². The van der Waals surface area contributed by atoms with Gasteiger partial charge in [0.25, 0.3) is 0 Å². The molecule has 2 nitrogen and oxygen atoms in total. The summed E-state index contributed by atoms with van der Waals surface area (Å²) in [6.07, 6.45) is 0.810. The second-order valence-corrected chi connectivity index (χ2v) is 2.48. The maximum atomic E-state index is 12.6. The average Bonchev–Trinajstić information content (AvgIpc) is 1.99. The molecule has 0 heterocycles. The molecule has 0 unspecified atom stereocenters. The number of nitriles is 1. The van der Waals surface area contributed by atoms with E-state index in [0.29, 0.717) is 18.4 Å². The van der Waals surface area contributed by atoms with Gasteiger partial charge in [0.1, 0.15) is 11.6 Å². The first-order chi connectivity index (χ1) is 5.72. The van der Waals surface area contributed by atoms with Crippen LogP contribution < -0.4 is 0 Å². The van der Waals surface area contributed by atoms with E-state index in [1.807, 2.05) is 6.07 Å². The Bertz CT molecular complexity index is 297. The topological polar surface area (TPSA) is 44.0 Å². The minimum Gasteiger partial charge on any atom is -0.508 e. The number of halogens is 1. The van der Waals surface area contributed by atoms with Gasteiger partial charge in [0, 0.05) is 12.5 Å². The summed E-state index contributed by atoms with van der Waals surface area (Å²) in [7, 11) is 0. The molecular weight excluding hydrogens is 157 g/mol. The van der Waals surface area contributed by atoms with E-state index in [4.69, 9.17) is 10.4 Å². The van der Waals surface area contributed by atoms with E-state index in [0.717, 1.165) is 6.07 Å². The van der Waals surface area contributed by atoms with E-state index < -0.39 is 5.82 Å². The number of aromatic hydroxyl groups is 1. The Morgan fingerprint density at radius 2 is 2.17 bits per heavy atom. The normalized spacial score (nSPS) is 9.33. The van der Waals surface area contributed by atoms with Crippen molar-refractivity contribution >= 4 is 0 Å². The molecule has 0 spiro atoms. The molecule has 1 rings (SSSR count). The molecule has 0 saturated heterocycles. The molecule has 1 N–H and O–H groups in total. The van der Waals surface area contributed by atoms with Gasteiger partial charge in [0.15, 0.2) is 0 Å². The fourth-order valence-corrected chi connectivity index (χ4v) is 0.978. The van der Waals surface area contributed by atoms with Crippen molar-refractivity contribution in [2.24, 2.45) is 0 Å². The van der Waals surface area contributed by atoms with Crippen molar-refractivity contribution in [3.8, 4) is 11.8 Å². The number of phenolic OH excluding ortho intramolecular Hbond substituents is 1. The highest BCUT2D eigenvalue weighted by Crippen LogP contribution is 2.15. The van der Waals surface area contributed by atoms with Crippen LogP contribution >= 0.6 is 0 Å². The van der Waals surface area contributed by atoms with Gasteiger partial charge < -0.3 is 5.11 Å². The van der Waals surface area contributed by atoms with Crippen LogP contribution in [-0.2, 0) is 6.42 Å². The summed E-state index contributed by atoms with van der Waals surface area (Å²) < 4.78 is 12.6. The van der Waals surface area contributed by atoms with Crippen LogP contribution in [0, 0.1) is 17.1 Å². The molecule has 12 heavy (non-hydrogen) atoms. The number of rotatable bonds is 2. The van der Waals surface area contributed by atoms with Gasteiger partial charge in [-0.25, -0.2) is 4.39 Å². The molecule has 0 aliphatic carbocycles. The standard InChI is InChI=1S/C9H8FNO/c10-8-4-7(2-1-3-11)5-9(12)6-8/h4-6,12H,1-2H2. The van der Waals surface area contributed by atoms with Crippen LogP contribution in [-0.4, -0.2) is 5.11 Å². The van der Waals surface area contributed by atoms with E-state index in [2.05, 4.69) is 0 Å². The molecule has 0 aromatic heterocycles. The molecule has 0 aliphatic rings. The van der Waals surface area contributed by atoms with Gasteiger partial charge >= 0.3 is 0 Å². The first kappa shape index (κ1) is 8.54. The lowest BCUT2D eigenvalue weighted by Gasteiger charge is -1.98. The second-order valence-electron chi connectivity index (χ2n) is 2.48. The summed E-state index contributed by atoms with van der Waals surface area (Å²) in [6.45, 7) is 0. The van der Waals surface area contributed by atoms with Crippen LogP contribution in [0.5, 0.6) is 5.75 Å². The van der Waals surface area contributed by atoms with Gasteiger partial charge in [0.2, 0.25) is 0 Å². The molecule has 1 aromatic carbocycles. The third-order valence-corrected chi connectivity index (χ3v) is 1.47. The predicted molar refractivity (Wildman–Crippen MR) is 42.0 cm³/mol. The van der Waals surface area contributed by atoms with Crippen LogP contribution in [0.15, 0.2) is 18.2 Å². The van der Waals surface area contributed by atoms with E-state index >= 15 is 0 Å². The van der Waals surface area contributed by atoms with Gasteiger partial charge in [-0.15, -0.1) is 0 Å². The van der Waals surface area contributed by atoms with Crippen molar-refractivity contribution in [3.63, 3.8) is 0 Å². The number of hydrogen-bond acceptors (Lipinski definition) is 2. The first-order valence-corrected chi connectivity index (χ1v) is 3.58. The Hall–Kier alpha value is -1.56.